The predicted octanol–water partition coefficient (Wildman–Crippen LogP) is 3.28. The fraction of sp³-hybridized carbons (Fsp3) is 0.154. The Morgan fingerprint density at radius 2 is 2.10 bits per heavy atom. The van der Waals surface area contributed by atoms with Gasteiger partial charge in [-0.15, -0.1) is 0 Å². The Labute approximate surface area is 137 Å². The van der Waals surface area contributed by atoms with Crippen LogP contribution >= 0.6 is 35.4 Å². The van der Waals surface area contributed by atoms with Crippen LogP contribution in [0.4, 0.5) is 5.82 Å². The van der Waals surface area contributed by atoms with Crippen LogP contribution < -0.4 is 15.4 Å². The molecule has 0 fully saturated rings. The summed E-state index contributed by atoms with van der Waals surface area (Å²) in [6.45, 7) is 0.476. The summed E-state index contributed by atoms with van der Waals surface area (Å²) in [5.41, 5.74) is 0.894. The molecule has 0 radical (unpaired) electrons. The van der Waals surface area contributed by atoms with Gasteiger partial charge in [0, 0.05) is 22.7 Å². The van der Waals surface area contributed by atoms with Crippen molar-refractivity contribution < 1.29 is 4.74 Å². The third-order valence-corrected chi connectivity index (χ3v) is 3.38. The molecule has 2 N–H and O–H groups in total. The number of rotatable bonds is 4. The minimum atomic E-state index is 0.418. The molecular weight excluding hydrogens is 331 g/mol. The molecule has 0 amide bonds. The number of ether oxygens (including phenoxy) is 1. The number of halogens is 2. The highest BCUT2D eigenvalue weighted by Crippen LogP contribution is 2.20. The van der Waals surface area contributed by atoms with E-state index in [0.717, 1.165) is 5.56 Å². The highest BCUT2D eigenvalue weighted by Gasteiger charge is 2.04. The Morgan fingerprint density at radius 1 is 1.29 bits per heavy atom. The molecule has 110 valence electrons. The first-order valence-electron chi connectivity index (χ1n) is 5.93. The van der Waals surface area contributed by atoms with Crippen molar-refractivity contribution in [3.05, 3.63) is 46.2 Å². The summed E-state index contributed by atoms with van der Waals surface area (Å²) in [6.07, 6.45) is 1.39. The summed E-state index contributed by atoms with van der Waals surface area (Å²) in [5.74, 6) is 0.998. The summed E-state index contributed by atoms with van der Waals surface area (Å²) in [4.78, 5) is 7.95. The smallest absolute Gasteiger partial charge is 0.218 e. The Hall–Kier alpha value is -1.63. The molecule has 0 saturated carbocycles. The van der Waals surface area contributed by atoms with Crippen molar-refractivity contribution in [2.24, 2.45) is 0 Å². The largest absolute Gasteiger partial charge is 0.481 e. The summed E-state index contributed by atoms with van der Waals surface area (Å²) in [6, 6.07) is 6.94. The van der Waals surface area contributed by atoms with Gasteiger partial charge >= 0.3 is 0 Å². The van der Waals surface area contributed by atoms with E-state index in [1.54, 1.807) is 18.2 Å². The quantitative estimate of drug-likeness (QED) is 0.831. The standard InChI is InChI=1S/C13H12Cl2N4OS/c1-20-12-5-11(17-7-18-12)19-13(21)16-6-8-2-3-9(14)4-10(8)15/h2-5,7H,6H2,1H3,(H2,16,17,18,19,21). The van der Waals surface area contributed by atoms with Crippen molar-refractivity contribution in [3.8, 4) is 5.88 Å². The van der Waals surface area contributed by atoms with Crippen molar-refractivity contribution >= 4 is 46.4 Å². The summed E-state index contributed by atoms with van der Waals surface area (Å²) in [5, 5.41) is 7.57. The zero-order chi connectivity index (χ0) is 15.2. The van der Waals surface area contributed by atoms with E-state index in [1.165, 1.54) is 13.4 Å². The van der Waals surface area contributed by atoms with Crippen molar-refractivity contribution in [2.75, 3.05) is 12.4 Å². The monoisotopic (exact) mass is 342 g/mol. The van der Waals surface area contributed by atoms with Crippen LogP contribution in [0.15, 0.2) is 30.6 Å². The zero-order valence-corrected chi connectivity index (χ0v) is 13.4. The third-order valence-electron chi connectivity index (χ3n) is 2.55. The zero-order valence-electron chi connectivity index (χ0n) is 11.1. The highest BCUT2D eigenvalue weighted by molar-refractivity contribution is 7.80. The molecule has 0 unspecified atom stereocenters. The normalized spacial score (nSPS) is 10.0. The van der Waals surface area contributed by atoms with E-state index in [-0.39, 0.29) is 0 Å². The van der Waals surface area contributed by atoms with Crippen molar-refractivity contribution in [3.63, 3.8) is 0 Å². The Morgan fingerprint density at radius 3 is 2.81 bits per heavy atom. The number of hydrogen-bond donors (Lipinski definition) is 2. The van der Waals surface area contributed by atoms with Gasteiger partial charge in [-0.25, -0.2) is 9.97 Å². The number of hydrogen-bond acceptors (Lipinski definition) is 4. The SMILES string of the molecule is COc1cc(NC(=S)NCc2ccc(Cl)cc2Cl)ncn1. The minimum Gasteiger partial charge on any atom is -0.481 e. The molecule has 2 rings (SSSR count). The average Bonchev–Trinajstić information content (AvgIpc) is 2.46. The maximum atomic E-state index is 6.09. The van der Waals surface area contributed by atoms with E-state index in [0.29, 0.717) is 33.4 Å². The first-order chi connectivity index (χ1) is 10.1. The molecule has 5 nitrogen and oxygen atoms in total. The summed E-state index contributed by atoms with van der Waals surface area (Å²) < 4.78 is 5.01. The first-order valence-corrected chi connectivity index (χ1v) is 7.09. The fourth-order valence-corrected chi connectivity index (χ4v) is 2.17. The molecule has 8 heteroatoms. The molecule has 21 heavy (non-hydrogen) atoms. The van der Waals surface area contributed by atoms with Gasteiger partial charge in [0.2, 0.25) is 5.88 Å². The van der Waals surface area contributed by atoms with Crippen molar-refractivity contribution in [1.29, 1.82) is 0 Å². The van der Waals surface area contributed by atoms with Crippen LogP contribution in [0.2, 0.25) is 10.0 Å². The second-order valence-corrected chi connectivity index (χ2v) is 5.24. The number of anilines is 1. The Kier molecular flexibility index (Phi) is 5.55. The van der Waals surface area contributed by atoms with E-state index < -0.39 is 0 Å². The maximum absolute atomic E-state index is 6.09. The number of nitrogens with zero attached hydrogens (tertiary/aromatic N) is 2. The topological polar surface area (TPSA) is 59.1 Å². The van der Waals surface area contributed by atoms with Crippen LogP contribution in [0.1, 0.15) is 5.56 Å². The van der Waals surface area contributed by atoms with Gasteiger partial charge in [0.1, 0.15) is 12.1 Å². The van der Waals surface area contributed by atoms with E-state index in [4.69, 9.17) is 40.2 Å². The number of aromatic nitrogens is 2. The lowest BCUT2D eigenvalue weighted by molar-refractivity contribution is 0.397. The van der Waals surface area contributed by atoms with Gasteiger partial charge < -0.3 is 15.4 Å². The average molecular weight is 343 g/mol. The Balaban J connectivity index is 1.92. The molecule has 0 aliphatic carbocycles. The molecule has 0 spiro atoms. The van der Waals surface area contributed by atoms with Crippen LogP contribution in [0, 0.1) is 0 Å². The van der Waals surface area contributed by atoms with Crippen molar-refractivity contribution in [2.45, 2.75) is 6.54 Å². The van der Waals surface area contributed by atoms with Gasteiger partial charge in [0.25, 0.3) is 0 Å². The maximum Gasteiger partial charge on any atom is 0.218 e. The van der Waals surface area contributed by atoms with Gasteiger partial charge in [-0.1, -0.05) is 29.3 Å². The van der Waals surface area contributed by atoms with Gasteiger partial charge in [0.05, 0.1) is 7.11 Å². The highest BCUT2D eigenvalue weighted by atomic mass is 35.5. The lowest BCUT2D eigenvalue weighted by Gasteiger charge is -2.11. The van der Waals surface area contributed by atoms with E-state index in [2.05, 4.69) is 20.6 Å². The van der Waals surface area contributed by atoms with E-state index in [1.807, 2.05) is 6.07 Å². The molecule has 0 atom stereocenters. The second kappa shape index (κ2) is 7.40. The van der Waals surface area contributed by atoms with Crippen LogP contribution in [0.3, 0.4) is 0 Å². The summed E-state index contributed by atoms with van der Waals surface area (Å²) in [7, 11) is 1.53. The van der Waals surface area contributed by atoms with Gasteiger partial charge in [-0.3, -0.25) is 0 Å². The van der Waals surface area contributed by atoms with Crippen molar-refractivity contribution in [1.82, 2.24) is 15.3 Å². The molecule has 0 saturated heterocycles. The molecule has 0 bridgehead atoms. The van der Waals surface area contributed by atoms with E-state index in [9.17, 15) is 0 Å². The van der Waals surface area contributed by atoms with Crippen LogP contribution in [0.5, 0.6) is 5.88 Å². The van der Waals surface area contributed by atoms with Crippen LogP contribution in [-0.2, 0) is 6.54 Å². The number of nitrogens with one attached hydrogen (secondary N) is 2. The molecule has 1 heterocycles. The second-order valence-electron chi connectivity index (χ2n) is 3.99. The molecule has 2 aromatic rings. The first kappa shape index (κ1) is 15.8. The van der Waals surface area contributed by atoms with E-state index >= 15 is 0 Å². The lowest BCUT2D eigenvalue weighted by atomic mass is 10.2. The minimum absolute atomic E-state index is 0.418. The van der Waals surface area contributed by atoms with Gasteiger partial charge in [-0.05, 0) is 29.9 Å². The third kappa shape index (κ3) is 4.70. The fourth-order valence-electron chi connectivity index (χ4n) is 1.52. The molecule has 1 aromatic heterocycles. The molecule has 0 aliphatic heterocycles. The molecule has 0 aliphatic rings. The lowest BCUT2D eigenvalue weighted by Crippen LogP contribution is -2.28. The molecular formula is C13H12Cl2N4OS. The van der Waals surface area contributed by atoms with Gasteiger partial charge in [-0.2, -0.15) is 0 Å². The summed E-state index contributed by atoms with van der Waals surface area (Å²) >= 11 is 17.1. The Bertz CT molecular complexity index is 654. The number of benzene rings is 1. The molecule has 1 aromatic carbocycles. The number of methoxy groups -OCH3 is 1. The predicted molar refractivity (Wildman–Crippen MR) is 88.1 cm³/mol. The van der Waals surface area contributed by atoms with Crippen LogP contribution in [-0.4, -0.2) is 22.2 Å². The number of thiocarbonyl (C=S) groups is 1. The van der Waals surface area contributed by atoms with Gasteiger partial charge in [0.15, 0.2) is 5.11 Å². The van der Waals surface area contributed by atoms with Crippen LogP contribution in [0.25, 0.3) is 0 Å².